The second-order valence-electron chi connectivity index (χ2n) is 6.25. The molecule has 32 heavy (non-hydrogen) atoms. The van der Waals surface area contributed by atoms with E-state index in [4.69, 9.17) is 14.0 Å². The minimum Gasteiger partial charge on any atom is -0.493 e. The minimum atomic E-state index is -4.52. The first kappa shape index (κ1) is 23.1. The van der Waals surface area contributed by atoms with Crippen molar-refractivity contribution >= 4 is 5.69 Å². The van der Waals surface area contributed by atoms with Gasteiger partial charge in [-0.15, -0.1) is 0 Å². The number of ether oxygens (including phenoxy) is 3. The van der Waals surface area contributed by atoms with Crippen LogP contribution in [-0.4, -0.2) is 30.5 Å². The molecule has 0 saturated carbocycles. The third-order valence-electron chi connectivity index (χ3n) is 4.14. The lowest BCUT2D eigenvalue weighted by Gasteiger charge is -2.14. The molecular weight excluding hydrogens is 441 g/mol. The molecule has 12 heteroatoms. The molecule has 3 rings (SSSR count). The summed E-state index contributed by atoms with van der Waals surface area (Å²) in [5.41, 5.74) is -0.336. The number of anilines is 1. The van der Waals surface area contributed by atoms with E-state index in [-0.39, 0.29) is 47.8 Å². The van der Waals surface area contributed by atoms with Gasteiger partial charge in [0.05, 0.1) is 31.5 Å². The van der Waals surface area contributed by atoms with Crippen molar-refractivity contribution in [2.75, 3.05) is 19.0 Å². The average molecular weight is 459 g/mol. The number of rotatable bonds is 9. The van der Waals surface area contributed by atoms with E-state index >= 15 is 0 Å². The number of hydrogen-bond acceptors (Lipinski definition) is 7. The first-order valence-corrected chi connectivity index (χ1v) is 9.25. The zero-order valence-electron chi connectivity index (χ0n) is 16.9. The number of methoxy groups -OCH3 is 1. The van der Waals surface area contributed by atoms with Gasteiger partial charge in [0.15, 0.2) is 11.5 Å². The van der Waals surface area contributed by atoms with Crippen LogP contribution in [0.4, 0.5) is 27.6 Å². The van der Waals surface area contributed by atoms with E-state index in [2.05, 4.69) is 20.2 Å². The molecule has 1 heterocycles. The van der Waals surface area contributed by atoms with Crippen LogP contribution in [0.1, 0.15) is 18.4 Å². The summed E-state index contributed by atoms with van der Waals surface area (Å²) in [6, 6.07) is 7.17. The molecule has 0 aliphatic carbocycles. The molecule has 0 amide bonds. The molecule has 0 atom stereocenters. The van der Waals surface area contributed by atoms with Crippen LogP contribution in [0.3, 0.4) is 0 Å². The zero-order chi connectivity index (χ0) is 23.3. The first-order valence-electron chi connectivity index (χ1n) is 9.25. The van der Waals surface area contributed by atoms with Crippen molar-refractivity contribution in [3.05, 3.63) is 47.9 Å². The average Bonchev–Trinajstić information content (AvgIpc) is 3.21. The van der Waals surface area contributed by atoms with Crippen molar-refractivity contribution in [1.29, 1.82) is 0 Å². The lowest BCUT2D eigenvalue weighted by atomic mass is 10.1. The molecule has 3 aromatic rings. The summed E-state index contributed by atoms with van der Waals surface area (Å²) in [5, 5.41) is 6.59. The summed E-state index contributed by atoms with van der Waals surface area (Å²) < 4.78 is 83.9. The highest BCUT2D eigenvalue weighted by molar-refractivity contribution is 5.61. The van der Waals surface area contributed by atoms with Crippen LogP contribution in [0.15, 0.2) is 40.9 Å². The zero-order valence-corrected chi connectivity index (χ0v) is 16.9. The van der Waals surface area contributed by atoms with Crippen LogP contribution >= 0.6 is 0 Å². The van der Waals surface area contributed by atoms with Gasteiger partial charge in [0.25, 0.3) is 0 Å². The molecule has 0 unspecified atom stereocenters. The lowest BCUT2D eigenvalue weighted by molar-refractivity contribution is -0.137. The predicted octanol–water partition coefficient (Wildman–Crippen LogP) is 5.38. The number of nitrogens with one attached hydrogen (secondary N) is 1. The molecule has 0 spiro atoms. The number of halogens is 5. The number of benzene rings is 2. The Balaban J connectivity index is 1.77. The van der Waals surface area contributed by atoms with Crippen molar-refractivity contribution in [2.24, 2.45) is 0 Å². The summed E-state index contributed by atoms with van der Waals surface area (Å²) in [6.07, 6.45) is -4.52. The van der Waals surface area contributed by atoms with Crippen LogP contribution in [0, 0.1) is 0 Å². The second-order valence-corrected chi connectivity index (χ2v) is 6.25. The standard InChI is InChI=1S/C20H18F5N3O4/c1-3-30-14-7-5-12(20(23,24)25)9-13(14)26-10-17-27-18(28-32-17)11-4-6-15(31-19(21)22)16(8-11)29-2/h4-9,19,26H,3,10H2,1-2H3. The van der Waals surface area contributed by atoms with Gasteiger partial charge in [-0.1, -0.05) is 5.16 Å². The molecule has 2 aromatic carbocycles. The predicted molar refractivity (Wildman–Crippen MR) is 103 cm³/mol. The minimum absolute atomic E-state index is 0.0394. The Morgan fingerprint density at radius 2 is 1.81 bits per heavy atom. The van der Waals surface area contributed by atoms with Crippen LogP contribution in [0.25, 0.3) is 11.4 Å². The Bertz CT molecular complexity index is 1060. The fraction of sp³-hybridized carbons (Fsp3) is 0.300. The molecule has 0 saturated heterocycles. The van der Waals surface area contributed by atoms with Crippen molar-refractivity contribution < 1.29 is 40.7 Å². The molecular formula is C20H18F5N3O4. The third-order valence-corrected chi connectivity index (χ3v) is 4.14. The number of nitrogens with zero attached hydrogens (tertiary/aromatic N) is 2. The Hall–Kier alpha value is -3.57. The summed E-state index contributed by atoms with van der Waals surface area (Å²) in [4.78, 5) is 4.16. The molecule has 1 N–H and O–H groups in total. The fourth-order valence-electron chi connectivity index (χ4n) is 2.74. The van der Waals surface area contributed by atoms with E-state index in [1.165, 1.54) is 31.4 Å². The number of hydrogen-bond donors (Lipinski definition) is 1. The first-order chi connectivity index (χ1) is 15.2. The third kappa shape index (κ3) is 5.56. The SMILES string of the molecule is CCOc1ccc(C(F)(F)F)cc1NCc1nc(-c2ccc(OC(F)F)c(OC)c2)no1. The fourth-order valence-corrected chi connectivity index (χ4v) is 2.74. The van der Waals surface area contributed by atoms with Gasteiger partial charge in [0.2, 0.25) is 11.7 Å². The van der Waals surface area contributed by atoms with Gasteiger partial charge in [0.1, 0.15) is 5.75 Å². The summed E-state index contributed by atoms with van der Waals surface area (Å²) in [7, 11) is 1.29. The lowest BCUT2D eigenvalue weighted by Crippen LogP contribution is -2.08. The van der Waals surface area contributed by atoms with Gasteiger partial charge in [-0.25, -0.2) is 0 Å². The maximum atomic E-state index is 13.0. The largest absolute Gasteiger partial charge is 0.493 e. The molecule has 0 aliphatic heterocycles. The normalized spacial score (nSPS) is 11.5. The van der Waals surface area contributed by atoms with E-state index in [0.717, 1.165) is 12.1 Å². The molecule has 0 bridgehead atoms. The maximum absolute atomic E-state index is 13.0. The Morgan fingerprint density at radius 3 is 2.47 bits per heavy atom. The summed E-state index contributed by atoms with van der Waals surface area (Å²) >= 11 is 0. The van der Waals surface area contributed by atoms with E-state index in [1.54, 1.807) is 6.92 Å². The Morgan fingerprint density at radius 1 is 1.06 bits per heavy atom. The quantitative estimate of drug-likeness (QED) is 0.431. The maximum Gasteiger partial charge on any atom is 0.416 e. The Kier molecular flexibility index (Phi) is 7.01. The molecule has 0 radical (unpaired) electrons. The van der Waals surface area contributed by atoms with Gasteiger partial charge in [0, 0.05) is 5.56 Å². The van der Waals surface area contributed by atoms with E-state index < -0.39 is 18.4 Å². The van der Waals surface area contributed by atoms with Crippen molar-refractivity contribution in [1.82, 2.24) is 10.1 Å². The van der Waals surface area contributed by atoms with Crippen molar-refractivity contribution in [2.45, 2.75) is 26.3 Å². The number of aromatic nitrogens is 2. The molecule has 7 nitrogen and oxygen atoms in total. The summed E-state index contributed by atoms with van der Waals surface area (Å²) in [6.45, 7) is -1.14. The summed E-state index contributed by atoms with van der Waals surface area (Å²) in [5.74, 6) is 0.311. The van der Waals surface area contributed by atoms with Gasteiger partial charge in [-0.05, 0) is 43.3 Å². The number of alkyl halides is 5. The monoisotopic (exact) mass is 459 g/mol. The van der Waals surface area contributed by atoms with Crippen molar-refractivity contribution in [3.63, 3.8) is 0 Å². The van der Waals surface area contributed by atoms with E-state index in [9.17, 15) is 22.0 Å². The second kappa shape index (κ2) is 9.71. The van der Waals surface area contributed by atoms with Crippen LogP contribution in [0.5, 0.6) is 17.2 Å². The smallest absolute Gasteiger partial charge is 0.416 e. The topological polar surface area (TPSA) is 78.6 Å². The van der Waals surface area contributed by atoms with E-state index in [0.29, 0.717) is 5.56 Å². The van der Waals surface area contributed by atoms with Crippen LogP contribution < -0.4 is 19.5 Å². The van der Waals surface area contributed by atoms with Gasteiger partial charge < -0.3 is 24.1 Å². The van der Waals surface area contributed by atoms with Crippen molar-refractivity contribution in [3.8, 4) is 28.6 Å². The van der Waals surface area contributed by atoms with Gasteiger partial charge in [-0.2, -0.15) is 26.9 Å². The molecule has 172 valence electrons. The van der Waals surface area contributed by atoms with E-state index in [1.807, 2.05) is 0 Å². The Labute approximate surface area is 179 Å². The molecule has 1 aromatic heterocycles. The highest BCUT2D eigenvalue weighted by Gasteiger charge is 2.31. The van der Waals surface area contributed by atoms with Gasteiger partial charge >= 0.3 is 12.8 Å². The highest BCUT2D eigenvalue weighted by atomic mass is 19.4. The van der Waals surface area contributed by atoms with Crippen LogP contribution in [-0.2, 0) is 12.7 Å². The van der Waals surface area contributed by atoms with Gasteiger partial charge in [-0.3, -0.25) is 0 Å². The highest BCUT2D eigenvalue weighted by Crippen LogP contribution is 2.36. The molecule has 0 aliphatic rings. The van der Waals surface area contributed by atoms with Crippen LogP contribution in [0.2, 0.25) is 0 Å². The molecule has 0 fully saturated rings.